The molecule has 0 bridgehead atoms. The zero-order chi connectivity index (χ0) is 29.4. The lowest BCUT2D eigenvalue weighted by atomic mass is 10.0. The Kier molecular flexibility index (Phi) is 9.57. The SMILES string of the molecule is Cc1sc(-c2ccccc2)nc1CCOc1ccc(CC(N/C(=C\C(=O)c2ccccc2)C(F)(F)F)C(=O)O)cc1. The minimum Gasteiger partial charge on any atom is -0.493 e. The van der Waals surface area contributed by atoms with E-state index in [9.17, 15) is 27.9 Å². The lowest BCUT2D eigenvalue weighted by Gasteiger charge is -2.20. The van der Waals surface area contributed by atoms with E-state index in [0.29, 0.717) is 30.4 Å². The number of nitrogens with one attached hydrogen (secondary N) is 1. The number of carbonyl (C=O) groups excluding carboxylic acids is 1. The number of nitrogens with zero attached hydrogens (tertiary/aromatic N) is 1. The van der Waals surface area contributed by atoms with Crippen LogP contribution in [0.4, 0.5) is 13.2 Å². The fourth-order valence-corrected chi connectivity index (χ4v) is 4.96. The number of aliphatic carboxylic acids is 1. The van der Waals surface area contributed by atoms with Crippen molar-refractivity contribution in [2.24, 2.45) is 0 Å². The van der Waals surface area contributed by atoms with Crippen molar-refractivity contribution in [1.29, 1.82) is 0 Å². The van der Waals surface area contributed by atoms with E-state index in [1.54, 1.807) is 41.7 Å². The number of aryl methyl sites for hydroxylation is 1. The molecule has 0 radical (unpaired) electrons. The predicted octanol–water partition coefficient (Wildman–Crippen LogP) is 6.65. The lowest BCUT2D eigenvalue weighted by Crippen LogP contribution is -2.42. The molecular weight excluding hydrogens is 553 g/mol. The highest BCUT2D eigenvalue weighted by atomic mass is 32.1. The number of rotatable bonds is 12. The van der Waals surface area contributed by atoms with Gasteiger partial charge in [0.05, 0.1) is 12.3 Å². The molecule has 0 aliphatic carbocycles. The second-order valence-electron chi connectivity index (χ2n) is 9.16. The molecule has 0 amide bonds. The van der Waals surface area contributed by atoms with Gasteiger partial charge < -0.3 is 15.2 Å². The van der Waals surface area contributed by atoms with Gasteiger partial charge in [0.2, 0.25) is 0 Å². The quantitative estimate of drug-likeness (QED) is 0.144. The Balaban J connectivity index is 1.36. The first-order valence-corrected chi connectivity index (χ1v) is 13.5. The monoisotopic (exact) mass is 580 g/mol. The molecule has 0 saturated heterocycles. The van der Waals surface area contributed by atoms with Gasteiger partial charge in [-0.25, -0.2) is 9.78 Å². The van der Waals surface area contributed by atoms with E-state index in [4.69, 9.17) is 9.72 Å². The van der Waals surface area contributed by atoms with Crippen molar-refractivity contribution in [3.63, 3.8) is 0 Å². The van der Waals surface area contributed by atoms with Crippen LogP contribution in [0.2, 0.25) is 0 Å². The molecule has 3 aromatic carbocycles. The molecular formula is C31H27F3N2O4S. The number of aromatic nitrogens is 1. The van der Waals surface area contributed by atoms with Crippen LogP contribution in [0.1, 0.15) is 26.5 Å². The molecule has 0 aliphatic rings. The number of hydrogen-bond donors (Lipinski definition) is 2. The maximum absolute atomic E-state index is 13.7. The van der Waals surface area contributed by atoms with Crippen molar-refractivity contribution in [1.82, 2.24) is 10.3 Å². The summed E-state index contributed by atoms with van der Waals surface area (Å²) in [6.07, 6.45) is -4.22. The number of carboxylic acids is 1. The predicted molar refractivity (Wildman–Crippen MR) is 151 cm³/mol. The minimum absolute atomic E-state index is 0.0556. The molecule has 0 spiro atoms. The number of carbonyl (C=O) groups is 2. The van der Waals surface area contributed by atoms with E-state index in [2.05, 4.69) is 0 Å². The van der Waals surface area contributed by atoms with Crippen LogP contribution in [-0.2, 0) is 17.6 Å². The highest BCUT2D eigenvalue weighted by Gasteiger charge is 2.37. The molecule has 4 rings (SSSR count). The van der Waals surface area contributed by atoms with E-state index in [1.165, 1.54) is 24.3 Å². The number of thiazole rings is 1. The molecule has 1 aromatic heterocycles. The third-order valence-corrected chi connectivity index (χ3v) is 7.21. The third-order valence-electron chi connectivity index (χ3n) is 6.15. The Morgan fingerprint density at radius 3 is 2.24 bits per heavy atom. The van der Waals surface area contributed by atoms with E-state index in [1.807, 2.05) is 42.6 Å². The molecule has 2 N–H and O–H groups in total. The fourth-order valence-electron chi connectivity index (χ4n) is 4.00. The summed E-state index contributed by atoms with van der Waals surface area (Å²) in [5.74, 6) is -1.84. The second-order valence-corrected chi connectivity index (χ2v) is 10.4. The van der Waals surface area contributed by atoms with Crippen molar-refractivity contribution in [3.8, 4) is 16.3 Å². The van der Waals surface area contributed by atoms with Gasteiger partial charge in [-0.3, -0.25) is 4.79 Å². The fraction of sp³-hybridized carbons (Fsp3) is 0.194. The first-order valence-electron chi connectivity index (χ1n) is 12.7. The average molecular weight is 581 g/mol. The van der Waals surface area contributed by atoms with Gasteiger partial charge in [-0.05, 0) is 24.6 Å². The largest absolute Gasteiger partial charge is 0.493 e. The van der Waals surface area contributed by atoms with Gasteiger partial charge in [-0.1, -0.05) is 72.8 Å². The molecule has 1 unspecified atom stereocenters. The summed E-state index contributed by atoms with van der Waals surface area (Å²) in [4.78, 5) is 30.0. The van der Waals surface area contributed by atoms with Crippen molar-refractivity contribution >= 4 is 23.1 Å². The highest BCUT2D eigenvalue weighted by Crippen LogP contribution is 2.28. The molecule has 212 valence electrons. The summed E-state index contributed by atoms with van der Waals surface area (Å²) in [5, 5.41) is 12.6. The number of hydrogen-bond acceptors (Lipinski definition) is 6. The summed E-state index contributed by atoms with van der Waals surface area (Å²) in [6.45, 7) is 2.38. The number of allylic oxidation sites excluding steroid dienone is 2. The van der Waals surface area contributed by atoms with Crippen molar-refractivity contribution in [2.75, 3.05) is 6.61 Å². The van der Waals surface area contributed by atoms with Gasteiger partial charge in [0, 0.05) is 34.9 Å². The summed E-state index contributed by atoms with van der Waals surface area (Å²) >= 11 is 1.62. The number of benzene rings is 3. The second kappa shape index (κ2) is 13.3. The minimum atomic E-state index is -4.95. The Morgan fingerprint density at radius 2 is 1.63 bits per heavy atom. The Morgan fingerprint density at radius 1 is 1.00 bits per heavy atom. The lowest BCUT2D eigenvalue weighted by molar-refractivity contribution is -0.140. The number of alkyl halides is 3. The molecule has 10 heteroatoms. The summed E-state index contributed by atoms with van der Waals surface area (Å²) in [6, 6.07) is 22.2. The van der Waals surface area contributed by atoms with Crippen LogP contribution in [0, 0.1) is 6.92 Å². The Bertz CT molecular complexity index is 1500. The van der Waals surface area contributed by atoms with E-state index in [-0.39, 0.29) is 12.0 Å². The molecule has 0 aliphatic heterocycles. The maximum Gasteiger partial charge on any atom is 0.431 e. The molecule has 0 saturated carbocycles. The molecule has 1 atom stereocenters. The normalized spacial score (nSPS) is 12.5. The first-order chi connectivity index (χ1) is 19.6. The van der Waals surface area contributed by atoms with Gasteiger partial charge in [0.1, 0.15) is 22.5 Å². The first kappa shape index (κ1) is 29.5. The van der Waals surface area contributed by atoms with Crippen molar-refractivity contribution in [2.45, 2.75) is 32.0 Å². The summed E-state index contributed by atoms with van der Waals surface area (Å²) < 4.78 is 46.8. The van der Waals surface area contributed by atoms with E-state index in [0.717, 1.165) is 21.1 Å². The Labute approximate surface area is 239 Å². The van der Waals surface area contributed by atoms with E-state index < -0.39 is 29.7 Å². The van der Waals surface area contributed by atoms with Gasteiger partial charge in [0.15, 0.2) is 5.78 Å². The standard InChI is InChI=1S/C31H27F3N2O4S/c1-20-25(36-29(41-20)23-10-6-3-7-11-23)16-17-40-24-14-12-21(13-15-24)18-26(30(38)39)35-28(31(32,33)34)19-27(37)22-8-4-2-5-9-22/h2-15,19,26,35H,16-18H2,1H3,(H,38,39)/b28-19-. The van der Waals surface area contributed by atoms with Crippen LogP contribution in [0.25, 0.3) is 10.6 Å². The zero-order valence-electron chi connectivity index (χ0n) is 22.0. The summed E-state index contributed by atoms with van der Waals surface area (Å²) in [7, 11) is 0. The topological polar surface area (TPSA) is 88.5 Å². The molecule has 41 heavy (non-hydrogen) atoms. The van der Waals surface area contributed by atoms with Gasteiger partial charge >= 0.3 is 12.1 Å². The number of carboxylic acid groups (broad SMARTS) is 1. The van der Waals surface area contributed by atoms with E-state index >= 15 is 0 Å². The smallest absolute Gasteiger partial charge is 0.431 e. The van der Waals surface area contributed by atoms with Crippen LogP contribution in [0.5, 0.6) is 5.75 Å². The molecule has 4 aromatic rings. The maximum atomic E-state index is 13.7. The third kappa shape index (κ3) is 8.28. The molecule has 1 heterocycles. The van der Waals surface area contributed by atoms with Crippen molar-refractivity contribution < 1.29 is 32.6 Å². The highest BCUT2D eigenvalue weighted by molar-refractivity contribution is 7.15. The number of halogens is 3. The van der Waals surface area contributed by atoms with Gasteiger partial charge in [-0.2, -0.15) is 13.2 Å². The van der Waals surface area contributed by atoms with Gasteiger partial charge in [0.25, 0.3) is 0 Å². The average Bonchev–Trinajstić information content (AvgIpc) is 3.33. The Hall–Kier alpha value is -4.44. The van der Waals surface area contributed by atoms with Gasteiger partial charge in [-0.15, -0.1) is 11.3 Å². The van der Waals surface area contributed by atoms with Crippen LogP contribution < -0.4 is 10.1 Å². The number of ketones is 1. The van der Waals surface area contributed by atoms with Crippen LogP contribution in [0.15, 0.2) is 96.7 Å². The number of ether oxygens (including phenoxy) is 1. The van der Waals surface area contributed by atoms with Crippen LogP contribution in [0.3, 0.4) is 0 Å². The zero-order valence-corrected chi connectivity index (χ0v) is 22.8. The van der Waals surface area contributed by atoms with Crippen LogP contribution in [-0.4, -0.2) is 40.7 Å². The molecule has 6 nitrogen and oxygen atoms in total. The summed E-state index contributed by atoms with van der Waals surface area (Å²) in [5.41, 5.74) is 1.11. The van der Waals surface area contributed by atoms with Crippen LogP contribution >= 0.6 is 11.3 Å². The molecule has 0 fully saturated rings. The van der Waals surface area contributed by atoms with Crippen molar-refractivity contribution in [3.05, 3.63) is 118 Å².